The molecule has 0 aromatic heterocycles. The molecular formula is C24H50O. The minimum absolute atomic E-state index is 0.638. The molecule has 4 fully saturated rings. The van der Waals surface area contributed by atoms with E-state index in [0.29, 0.717) is 5.41 Å². The minimum Gasteiger partial charge on any atom is -0.381 e. The van der Waals surface area contributed by atoms with Crippen molar-refractivity contribution >= 4 is 0 Å². The van der Waals surface area contributed by atoms with Crippen LogP contribution in [0.3, 0.4) is 0 Å². The molecule has 0 aromatic rings. The summed E-state index contributed by atoms with van der Waals surface area (Å²) in [7, 11) is 0. The molecule has 4 rings (SSSR count). The summed E-state index contributed by atoms with van der Waals surface area (Å²) < 4.78 is 5.43. The highest BCUT2D eigenvalue weighted by molar-refractivity contribution is 4.93. The maximum absolute atomic E-state index is 5.43. The van der Waals surface area contributed by atoms with Gasteiger partial charge in [-0.1, -0.05) is 74.7 Å². The molecule has 3 unspecified atom stereocenters. The first-order chi connectivity index (χ1) is 12.1. The van der Waals surface area contributed by atoms with Crippen LogP contribution < -0.4 is 0 Å². The average molecular weight is 355 g/mol. The van der Waals surface area contributed by atoms with Crippen molar-refractivity contribution in [1.29, 1.82) is 0 Å². The minimum atomic E-state index is 0.638. The predicted molar refractivity (Wildman–Crippen MR) is 114 cm³/mol. The first-order valence-electron chi connectivity index (χ1n) is 11.7. The van der Waals surface area contributed by atoms with Crippen molar-refractivity contribution in [2.45, 2.75) is 120 Å². The maximum atomic E-state index is 5.43. The highest BCUT2D eigenvalue weighted by Crippen LogP contribution is 2.54. The molecule has 1 saturated heterocycles. The highest BCUT2D eigenvalue weighted by Gasteiger charge is 2.42. The summed E-state index contributed by atoms with van der Waals surface area (Å²) in [5, 5.41) is 0. The second-order valence-corrected chi connectivity index (χ2v) is 8.35. The molecule has 3 aliphatic carbocycles. The lowest BCUT2D eigenvalue weighted by molar-refractivity contribution is 0.138. The van der Waals surface area contributed by atoms with E-state index in [4.69, 9.17) is 4.74 Å². The molecule has 3 atom stereocenters. The zero-order valence-electron chi connectivity index (χ0n) is 19.0. The Kier molecular flexibility index (Phi) is 13.2. The molecule has 2 spiro atoms. The summed E-state index contributed by atoms with van der Waals surface area (Å²) in [6, 6.07) is 0. The molecule has 1 heteroatoms. The van der Waals surface area contributed by atoms with Crippen molar-refractivity contribution in [2.24, 2.45) is 22.7 Å². The van der Waals surface area contributed by atoms with E-state index in [-0.39, 0.29) is 0 Å². The Morgan fingerprint density at radius 3 is 1.36 bits per heavy atom. The van der Waals surface area contributed by atoms with Gasteiger partial charge in [-0.2, -0.15) is 0 Å². The van der Waals surface area contributed by atoms with Crippen LogP contribution in [0.1, 0.15) is 120 Å². The summed E-state index contributed by atoms with van der Waals surface area (Å²) in [4.78, 5) is 0. The molecule has 1 heterocycles. The SMILES string of the molecule is CC.CC.CC.CC1CCC2(CCC2)C1.CC1CCC2(CCOC2)C1. The first kappa shape index (κ1) is 25.0. The third-order valence-corrected chi connectivity index (χ3v) is 6.50. The Hall–Kier alpha value is -0.0400. The first-order valence-corrected chi connectivity index (χ1v) is 11.7. The van der Waals surface area contributed by atoms with Gasteiger partial charge >= 0.3 is 0 Å². The zero-order chi connectivity index (χ0) is 19.3. The maximum Gasteiger partial charge on any atom is 0.0523 e. The van der Waals surface area contributed by atoms with E-state index in [2.05, 4.69) is 13.8 Å². The largest absolute Gasteiger partial charge is 0.381 e. The molecule has 3 saturated carbocycles. The Morgan fingerprint density at radius 1 is 0.640 bits per heavy atom. The van der Waals surface area contributed by atoms with Gasteiger partial charge in [-0.3, -0.25) is 0 Å². The second-order valence-electron chi connectivity index (χ2n) is 8.35. The van der Waals surface area contributed by atoms with Crippen LogP contribution in [0.25, 0.3) is 0 Å². The van der Waals surface area contributed by atoms with Gasteiger partial charge < -0.3 is 4.74 Å². The average Bonchev–Trinajstić information content (AvgIpc) is 3.35. The van der Waals surface area contributed by atoms with Crippen LogP contribution >= 0.6 is 0 Å². The summed E-state index contributed by atoms with van der Waals surface area (Å²) in [5.74, 6) is 2.01. The summed E-state index contributed by atoms with van der Waals surface area (Å²) in [6.07, 6.45) is 14.9. The Labute approximate surface area is 160 Å². The van der Waals surface area contributed by atoms with Crippen molar-refractivity contribution in [2.75, 3.05) is 13.2 Å². The molecule has 152 valence electrons. The molecular weight excluding hydrogens is 304 g/mol. The van der Waals surface area contributed by atoms with Crippen molar-refractivity contribution < 1.29 is 4.74 Å². The summed E-state index contributed by atoms with van der Waals surface area (Å²) in [6.45, 7) is 18.9. The van der Waals surface area contributed by atoms with Crippen LogP contribution in [0.4, 0.5) is 0 Å². The zero-order valence-corrected chi connectivity index (χ0v) is 19.0. The van der Waals surface area contributed by atoms with Gasteiger partial charge in [0.1, 0.15) is 0 Å². The van der Waals surface area contributed by atoms with Gasteiger partial charge in [-0.25, -0.2) is 0 Å². The van der Waals surface area contributed by atoms with Gasteiger partial charge in [0.15, 0.2) is 0 Å². The van der Waals surface area contributed by atoms with Crippen LogP contribution in [-0.4, -0.2) is 13.2 Å². The Balaban J connectivity index is 0.000000357. The predicted octanol–water partition coefficient (Wildman–Crippen LogP) is 8.27. The normalized spacial score (nSPS) is 33.6. The van der Waals surface area contributed by atoms with Crippen LogP contribution in [-0.2, 0) is 4.74 Å². The monoisotopic (exact) mass is 354 g/mol. The van der Waals surface area contributed by atoms with Crippen LogP contribution in [0.15, 0.2) is 0 Å². The summed E-state index contributed by atoms with van der Waals surface area (Å²) >= 11 is 0. The van der Waals surface area contributed by atoms with Gasteiger partial charge in [-0.15, -0.1) is 0 Å². The molecule has 0 amide bonds. The fraction of sp³-hybridized carbons (Fsp3) is 1.00. The van der Waals surface area contributed by atoms with Gasteiger partial charge in [0, 0.05) is 6.61 Å². The fourth-order valence-electron chi connectivity index (χ4n) is 5.13. The molecule has 0 aromatic carbocycles. The van der Waals surface area contributed by atoms with Crippen molar-refractivity contribution in [3.63, 3.8) is 0 Å². The number of ether oxygens (including phenoxy) is 1. The van der Waals surface area contributed by atoms with Crippen LogP contribution in [0, 0.1) is 22.7 Å². The lowest BCUT2D eigenvalue weighted by atomic mass is 9.67. The molecule has 4 aliphatic rings. The quantitative estimate of drug-likeness (QED) is 0.425. The highest BCUT2D eigenvalue weighted by atomic mass is 16.5. The number of hydrogen-bond acceptors (Lipinski definition) is 1. The molecule has 0 bridgehead atoms. The summed E-state index contributed by atoms with van der Waals surface area (Å²) in [5.41, 5.74) is 1.53. The number of hydrogen-bond donors (Lipinski definition) is 0. The van der Waals surface area contributed by atoms with E-state index in [9.17, 15) is 0 Å². The Morgan fingerprint density at radius 2 is 1.12 bits per heavy atom. The number of rotatable bonds is 0. The lowest BCUT2D eigenvalue weighted by Crippen LogP contribution is -2.25. The van der Waals surface area contributed by atoms with Crippen LogP contribution in [0.2, 0.25) is 0 Å². The molecule has 25 heavy (non-hydrogen) atoms. The molecule has 1 nitrogen and oxygen atoms in total. The van der Waals surface area contributed by atoms with E-state index < -0.39 is 0 Å². The fourth-order valence-corrected chi connectivity index (χ4v) is 5.13. The van der Waals surface area contributed by atoms with Crippen molar-refractivity contribution in [3.8, 4) is 0 Å². The third kappa shape index (κ3) is 7.61. The van der Waals surface area contributed by atoms with E-state index in [0.717, 1.165) is 30.5 Å². The van der Waals surface area contributed by atoms with Crippen LogP contribution in [0.5, 0.6) is 0 Å². The Bertz CT molecular complexity index is 299. The smallest absolute Gasteiger partial charge is 0.0523 e. The molecule has 0 radical (unpaired) electrons. The lowest BCUT2D eigenvalue weighted by Gasteiger charge is -2.38. The standard InChI is InChI=1S/C9H16O.C9H16.3C2H6/c1-8-2-3-9(6-8)4-5-10-7-9;1-8-3-6-9(7-8)4-2-5-9;3*1-2/h8H,2-7H2,1H3;8H,2-7H2,1H3;3*1-2H3. The van der Waals surface area contributed by atoms with Gasteiger partial charge in [0.25, 0.3) is 0 Å². The van der Waals surface area contributed by atoms with Gasteiger partial charge in [0.05, 0.1) is 6.61 Å². The topological polar surface area (TPSA) is 9.23 Å². The third-order valence-electron chi connectivity index (χ3n) is 6.50. The van der Waals surface area contributed by atoms with Gasteiger partial charge in [0.2, 0.25) is 0 Å². The second kappa shape index (κ2) is 13.2. The van der Waals surface area contributed by atoms with E-state index in [1.54, 1.807) is 25.7 Å². The van der Waals surface area contributed by atoms with E-state index in [1.165, 1.54) is 38.5 Å². The molecule has 0 N–H and O–H groups in total. The molecule has 1 aliphatic heterocycles. The van der Waals surface area contributed by atoms with Crippen molar-refractivity contribution in [1.82, 2.24) is 0 Å². The van der Waals surface area contributed by atoms with E-state index in [1.807, 2.05) is 41.5 Å². The van der Waals surface area contributed by atoms with E-state index >= 15 is 0 Å². The van der Waals surface area contributed by atoms with Crippen molar-refractivity contribution in [3.05, 3.63) is 0 Å². The van der Waals surface area contributed by atoms with Gasteiger partial charge in [-0.05, 0) is 67.6 Å².